The number of carbonyl (C=O) groups is 4. The second-order valence-corrected chi connectivity index (χ2v) is 20.6. The lowest BCUT2D eigenvalue weighted by atomic mass is 10.1. The summed E-state index contributed by atoms with van der Waals surface area (Å²) in [6.07, 6.45) is 24.3. The molecule has 3 aromatic heterocycles. The third-order valence-electron chi connectivity index (χ3n) is 10.7. The van der Waals surface area contributed by atoms with E-state index in [4.69, 9.17) is 9.97 Å². The number of carbonyl (C=O) groups excluding carboxylic acids is 4. The molecule has 2 aliphatic rings. The molecule has 0 amide bonds. The van der Waals surface area contributed by atoms with E-state index in [1.165, 1.54) is 69.3 Å². The zero-order chi connectivity index (χ0) is 42.7. The lowest BCUT2D eigenvalue weighted by Gasteiger charge is -2.07. The van der Waals surface area contributed by atoms with Crippen LogP contribution in [-0.4, -0.2) is 63.4 Å². The summed E-state index contributed by atoms with van der Waals surface area (Å²) in [7, 11) is 0. The normalized spacial score (nSPS) is 12.1. The van der Waals surface area contributed by atoms with Gasteiger partial charge in [-0.1, -0.05) is 72.7 Å². The summed E-state index contributed by atoms with van der Waals surface area (Å²) in [5.74, 6) is 3.39. The van der Waals surface area contributed by atoms with E-state index in [1.807, 2.05) is 0 Å². The van der Waals surface area contributed by atoms with Crippen molar-refractivity contribution in [2.24, 2.45) is 0 Å². The van der Waals surface area contributed by atoms with E-state index in [0.29, 0.717) is 0 Å². The molecule has 5 heterocycles. The monoisotopic (exact) mass is 886 g/mol. The molecular weight excluding hydrogens is 825 g/mol. The number of thioether (sulfide) groups is 4. The van der Waals surface area contributed by atoms with E-state index >= 15 is 0 Å². The van der Waals surface area contributed by atoms with Crippen molar-refractivity contribution in [2.75, 3.05) is 23.0 Å². The smallest absolute Gasteiger partial charge is 0.185 e. The van der Waals surface area contributed by atoms with Crippen LogP contribution in [0.4, 0.5) is 0 Å². The Bertz CT molecular complexity index is 1890. The largest absolute Gasteiger partial charge is 0.355 e. The first kappa shape index (κ1) is 47.7. The number of nitrogens with one attached hydrogen (secondary N) is 2. The average Bonchev–Trinajstić information content (AvgIpc) is 4.05. The topological polar surface area (TPSA) is 126 Å². The lowest BCUT2D eigenvalue weighted by Crippen LogP contribution is -1.97. The van der Waals surface area contributed by atoms with E-state index < -0.39 is 0 Å². The molecule has 5 rings (SSSR count). The molecule has 12 heteroatoms. The summed E-state index contributed by atoms with van der Waals surface area (Å²) in [6.45, 7) is 6.54. The van der Waals surface area contributed by atoms with Crippen molar-refractivity contribution in [3.63, 3.8) is 0 Å². The SMILES string of the molecule is CC(=O)SCCCCCc1c2nc(c(CCCCCSC(C)=O)c3ccc([nH]3)c(CCCCCSC(C)=O)c3nc(c(CCCCCSC(C)=O)c4ccc1[nH]4)C=C3)C=C2. The first-order chi connectivity index (χ1) is 29.1. The molecule has 60 heavy (non-hydrogen) atoms. The minimum absolute atomic E-state index is 0.171. The van der Waals surface area contributed by atoms with Crippen LogP contribution in [0.1, 0.15) is 150 Å². The molecule has 0 aromatic carbocycles. The predicted molar refractivity (Wildman–Crippen MR) is 262 cm³/mol. The fourth-order valence-electron chi connectivity index (χ4n) is 7.68. The van der Waals surface area contributed by atoms with Crippen LogP contribution in [0.5, 0.6) is 0 Å². The van der Waals surface area contributed by atoms with Crippen LogP contribution in [0.2, 0.25) is 0 Å². The highest BCUT2D eigenvalue weighted by Gasteiger charge is 2.17. The fourth-order valence-corrected chi connectivity index (χ4v) is 10.2. The molecule has 0 aliphatic carbocycles. The standard InChI is InChI=1S/C48H62N4O4S4/c1-33(53)57-29-13-5-9-17-37-41-21-23-43(49-41)38(18-10-6-14-30-58-34(2)54)45-25-27-47(51-45)40(20-12-8-16-32-60-36(4)56)48-28-26-46(52-48)39(44-24-22-42(37)50-44)19-11-7-15-31-59-35(3)55/h21-28,49,52H,5-20,29-32H2,1-4H3. The summed E-state index contributed by atoms with van der Waals surface area (Å²) in [5, 5.41) is 0.684. The Morgan fingerprint density at radius 1 is 0.383 bits per heavy atom. The van der Waals surface area contributed by atoms with Gasteiger partial charge in [0.25, 0.3) is 0 Å². The number of rotatable bonds is 24. The molecule has 0 spiro atoms. The average molecular weight is 887 g/mol. The predicted octanol–water partition coefficient (Wildman–Crippen LogP) is 12.6. The van der Waals surface area contributed by atoms with Crippen LogP contribution in [0.15, 0.2) is 24.3 Å². The highest BCUT2D eigenvalue weighted by Crippen LogP contribution is 2.30. The third kappa shape index (κ3) is 15.5. The van der Waals surface area contributed by atoms with Gasteiger partial charge in [-0.2, -0.15) is 0 Å². The van der Waals surface area contributed by atoms with Gasteiger partial charge in [0.15, 0.2) is 20.5 Å². The summed E-state index contributed by atoms with van der Waals surface area (Å²) in [6, 6.07) is 8.83. The van der Waals surface area contributed by atoms with Gasteiger partial charge in [0, 0.05) is 95.0 Å². The van der Waals surface area contributed by atoms with Crippen LogP contribution in [-0.2, 0) is 44.9 Å². The first-order valence-electron chi connectivity index (χ1n) is 21.7. The Balaban J connectivity index is 1.61. The Morgan fingerprint density at radius 2 is 0.617 bits per heavy atom. The highest BCUT2D eigenvalue weighted by atomic mass is 32.2. The summed E-state index contributed by atoms with van der Waals surface area (Å²) >= 11 is 5.62. The van der Waals surface area contributed by atoms with Gasteiger partial charge < -0.3 is 9.97 Å². The number of H-pyrrole nitrogens is 2. The molecule has 0 atom stereocenters. The number of unbranched alkanes of at least 4 members (excludes halogenated alkanes) is 8. The van der Waals surface area contributed by atoms with Crippen molar-refractivity contribution in [2.45, 2.75) is 130 Å². The van der Waals surface area contributed by atoms with Gasteiger partial charge in [-0.25, -0.2) is 9.97 Å². The van der Waals surface area contributed by atoms with E-state index in [9.17, 15) is 19.2 Å². The maximum absolute atomic E-state index is 11.5. The molecule has 0 fully saturated rings. The zero-order valence-electron chi connectivity index (χ0n) is 35.9. The van der Waals surface area contributed by atoms with Crippen molar-refractivity contribution in [3.05, 3.63) is 69.3 Å². The van der Waals surface area contributed by atoms with Crippen molar-refractivity contribution in [3.8, 4) is 0 Å². The van der Waals surface area contributed by atoms with Gasteiger partial charge in [0.1, 0.15) is 0 Å². The molecule has 8 bridgehead atoms. The Morgan fingerprint density at radius 3 is 0.833 bits per heavy atom. The molecule has 0 saturated carbocycles. The van der Waals surface area contributed by atoms with E-state index in [2.05, 4.69) is 58.5 Å². The molecule has 2 aliphatic heterocycles. The summed E-state index contributed by atoms with van der Waals surface area (Å²) < 4.78 is 0. The van der Waals surface area contributed by atoms with Gasteiger partial charge in [-0.05, 0) is 126 Å². The number of hydrogen-bond acceptors (Lipinski definition) is 10. The van der Waals surface area contributed by atoms with E-state index in [0.717, 1.165) is 171 Å². The molecule has 0 radical (unpaired) electrons. The van der Waals surface area contributed by atoms with Crippen molar-refractivity contribution < 1.29 is 19.2 Å². The van der Waals surface area contributed by atoms with Gasteiger partial charge in [-0.15, -0.1) is 0 Å². The zero-order valence-corrected chi connectivity index (χ0v) is 39.2. The number of aryl methyl sites for hydroxylation is 4. The first-order valence-corrected chi connectivity index (χ1v) is 25.7. The summed E-state index contributed by atoms with van der Waals surface area (Å²) in [5.41, 5.74) is 13.0. The maximum atomic E-state index is 11.5. The molecule has 0 unspecified atom stereocenters. The van der Waals surface area contributed by atoms with Crippen LogP contribution in [0.25, 0.3) is 46.4 Å². The second-order valence-electron chi connectivity index (χ2n) is 15.5. The van der Waals surface area contributed by atoms with Crippen LogP contribution in [0.3, 0.4) is 0 Å². The Kier molecular flexibility index (Phi) is 20.3. The number of aromatic nitrogens is 4. The summed E-state index contributed by atoms with van der Waals surface area (Å²) in [4.78, 5) is 64.6. The Hall–Kier alpha value is -3.32. The minimum atomic E-state index is 0.171. The van der Waals surface area contributed by atoms with E-state index in [1.54, 1.807) is 27.7 Å². The molecular formula is C48H62N4O4S4. The maximum Gasteiger partial charge on any atom is 0.185 e. The quantitative estimate of drug-likeness (QED) is 0.0578. The highest BCUT2D eigenvalue weighted by molar-refractivity contribution is 8.14. The van der Waals surface area contributed by atoms with Crippen LogP contribution in [0, 0.1) is 0 Å². The molecule has 8 nitrogen and oxygen atoms in total. The van der Waals surface area contributed by atoms with Crippen LogP contribution < -0.4 is 0 Å². The van der Waals surface area contributed by atoms with Gasteiger partial charge in [-0.3, -0.25) is 19.2 Å². The number of hydrogen-bond donors (Lipinski definition) is 2. The molecule has 0 saturated heterocycles. The van der Waals surface area contributed by atoms with Gasteiger partial charge in [0.05, 0.1) is 22.8 Å². The number of fused-ring (bicyclic) bond motifs is 8. The van der Waals surface area contributed by atoms with Crippen LogP contribution >= 0.6 is 47.0 Å². The third-order valence-corrected chi connectivity index (χ3v) is 14.3. The van der Waals surface area contributed by atoms with Crippen molar-refractivity contribution in [1.29, 1.82) is 0 Å². The van der Waals surface area contributed by atoms with Crippen molar-refractivity contribution >= 4 is 114 Å². The molecule has 322 valence electrons. The molecule has 3 aromatic rings. The number of aromatic amines is 2. The fraction of sp³-hybridized carbons (Fsp3) is 0.500. The number of nitrogens with zero attached hydrogens (tertiary/aromatic N) is 2. The molecule has 2 N–H and O–H groups in total. The second kappa shape index (κ2) is 25.6. The minimum Gasteiger partial charge on any atom is -0.355 e. The van der Waals surface area contributed by atoms with Gasteiger partial charge >= 0.3 is 0 Å². The van der Waals surface area contributed by atoms with Gasteiger partial charge in [0.2, 0.25) is 0 Å². The van der Waals surface area contributed by atoms with E-state index in [-0.39, 0.29) is 20.5 Å². The Labute approximate surface area is 373 Å². The van der Waals surface area contributed by atoms with Crippen molar-refractivity contribution in [1.82, 2.24) is 19.9 Å². The lowest BCUT2D eigenvalue weighted by molar-refractivity contribution is -0.109.